The number of aliphatic hydroxyl groups excluding tert-OH is 2. The summed E-state index contributed by atoms with van der Waals surface area (Å²) in [6, 6.07) is 0. The minimum Gasteiger partial charge on any atom is -0.394 e. The number of aryl methyl sites for hydroxylation is 1. The normalized spacial score (nSPS) is 11.5. The van der Waals surface area contributed by atoms with Crippen molar-refractivity contribution < 1.29 is 15.1 Å². The minimum atomic E-state index is -1.04. The number of aliphatic hydroxyl groups is 2. The van der Waals surface area contributed by atoms with Crippen molar-refractivity contribution >= 4 is 11.5 Å². The first kappa shape index (κ1) is 12.4. The number of anilines is 1. The SMILES string of the molecule is Cn1cc([N+](=O)[O-])c(NC(C)(CO)CO)n1. The van der Waals surface area contributed by atoms with Crippen molar-refractivity contribution in [2.24, 2.45) is 7.05 Å². The lowest BCUT2D eigenvalue weighted by atomic mass is 10.1. The fraction of sp³-hybridized carbons (Fsp3) is 0.625. The van der Waals surface area contributed by atoms with E-state index >= 15 is 0 Å². The molecule has 1 aromatic heterocycles. The zero-order valence-electron chi connectivity index (χ0n) is 9.04. The van der Waals surface area contributed by atoms with Gasteiger partial charge in [-0.25, -0.2) is 0 Å². The van der Waals surface area contributed by atoms with Gasteiger partial charge >= 0.3 is 5.69 Å². The second-order valence-electron chi connectivity index (χ2n) is 3.80. The third kappa shape index (κ3) is 2.47. The summed E-state index contributed by atoms with van der Waals surface area (Å²) in [4.78, 5) is 10.1. The number of nitrogens with one attached hydrogen (secondary N) is 1. The van der Waals surface area contributed by atoms with Crippen LogP contribution in [0.4, 0.5) is 11.5 Å². The highest BCUT2D eigenvalue weighted by Crippen LogP contribution is 2.24. The molecule has 0 radical (unpaired) electrons. The molecule has 0 atom stereocenters. The molecule has 0 aliphatic rings. The van der Waals surface area contributed by atoms with Crippen LogP contribution in [0.15, 0.2) is 6.20 Å². The first-order chi connectivity index (χ1) is 7.41. The molecule has 90 valence electrons. The maximum absolute atomic E-state index is 10.7. The van der Waals surface area contributed by atoms with Gasteiger partial charge in [0.2, 0.25) is 5.82 Å². The fourth-order valence-corrected chi connectivity index (χ4v) is 1.11. The van der Waals surface area contributed by atoms with Crippen molar-refractivity contribution in [1.82, 2.24) is 9.78 Å². The third-order valence-electron chi connectivity index (χ3n) is 2.12. The number of hydrogen-bond acceptors (Lipinski definition) is 6. The second-order valence-corrected chi connectivity index (χ2v) is 3.80. The van der Waals surface area contributed by atoms with Crippen molar-refractivity contribution in [3.63, 3.8) is 0 Å². The van der Waals surface area contributed by atoms with E-state index in [-0.39, 0.29) is 24.7 Å². The van der Waals surface area contributed by atoms with Crippen LogP contribution < -0.4 is 5.32 Å². The van der Waals surface area contributed by atoms with Gasteiger partial charge in [-0.05, 0) is 6.92 Å². The molecule has 0 fully saturated rings. The Morgan fingerprint density at radius 1 is 1.62 bits per heavy atom. The van der Waals surface area contributed by atoms with E-state index < -0.39 is 10.5 Å². The predicted octanol–water partition coefficient (Wildman–Crippen LogP) is -0.517. The van der Waals surface area contributed by atoms with E-state index in [1.807, 2.05) is 0 Å². The van der Waals surface area contributed by atoms with Crippen molar-refractivity contribution in [3.8, 4) is 0 Å². The maximum atomic E-state index is 10.7. The van der Waals surface area contributed by atoms with Crippen molar-refractivity contribution in [2.45, 2.75) is 12.5 Å². The van der Waals surface area contributed by atoms with E-state index in [0.29, 0.717) is 0 Å². The Morgan fingerprint density at radius 3 is 2.62 bits per heavy atom. The van der Waals surface area contributed by atoms with Crippen molar-refractivity contribution in [1.29, 1.82) is 0 Å². The summed E-state index contributed by atoms with van der Waals surface area (Å²) in [6.45, 7) is 0.805. The lowest BCUT2D eigenvalue weighted by Crippen LogP contribution is -2.42. The Hall–Kier alpha value is -1.67. The number of rotatable bonds is 5. The van der Waals surface area contributed by atoms with Gasteiger partial charge < -0.3 is 15.5 Å². The van der Waals surface area contributed by atoms with Gasteiger partial charge in [-0.2, -0.15) is 0 Å². The van der Waals surface area contributed by atoms with Gasteiger partial charge in [-0.3, -0.25) is 14.8 Å². The molecule has 16 heavy (non-hydrogen) atoms. The molecule has 0 saturated carbocycles. The molecular formula is C8H14N4O4. The van der Waals surface area contributed by atoms with E-state index in [1.54, 1.807) is 7.05 Å². The Balaban J connectivity index is 3.00. The largest absolute Gasteiger partial charge is 0.394 e. The molecule has 0 spiro atoms. The van der Waals surface area contributed by atoms with E-state index in [0.717, 1.165) is 0 Å². The maximum Gasteiger partial charge on any atom is 0.330 e. The molecule has 8 heteroatoms. The Morgan fingerprint density at radius 2 is 2.19 bits per heavy atom. The number of nitrogens with zero attached hydrogens (tertiary/aromatic N) is 3. The Bertz CT molecular complexity index is 385. The lowest BCUT2D eigenvalue weighted by molar-refractivity contribution is -0.384. The highest BCUT2D eigenvalue weighted by Gasteiger charge is 2.28. The Kier molecular flexibility index (Phi) is 3.45. The molecule has 1 heterocycles. The average molecular weight is 230 g/mol. The van der Waals surface area contributed by atoms with Gasteiger partial charge in [0.1, 0.15) is 6.20 Å². The van der Waals surface area contributed by atoms with Gasteiger partial charge in [0.25, 0.3) is 0 Å². The molecule has 0 bridgehead atoms. The minimum absolute atomic E-state index is 0.0260. The summed E-state index contributed by atoms with van der Waals surface area (Å²) >= 11 is 0. The molecule has 0 saturated heterocycles. The van der Waals surface area contributed by atoms with Crippen LogP contribution in [0.1, 0.15) is 6.92 Å². The smallest absolute Gasteiger partial charge is 0.330 e. The fourth-order valence-electron chi connectivity index (χ4n) is 1.11. The van der Waals surface area contributed by atoms with E-state index in [2.05, 4.69) is 10.4 Å². The molecule has 1 rings (SSSR count). The van der Waals surface area contributed by atoms with Gasteiger partial charge in [-0.15, -0.1) is 5.10 Å². The van der Waals surface area contributed by atoms with Crippen LogP contribution in [-0.4, -0.2) is 43.7 Å². The highest BCUT2D eigenvalue weighted by molar-refractivity contribution is 5.56. The molecular weight excluding hydrogens is 216 g/mol. The highest BCUT2D eigenvalue weighted by atomic mass is 16.6. The van der Waals surface area contributed by atoms with Gasteiger partial charge in [0, 0.05) is 7.05 Å². The zero-order chi connectivity index (χ0) is 12.3. The molecule has 8 nitrogen and oxygen atoms in total. The summed E-state index contributed by atoms with van der Waals surface area (Å²) in [6.07, 6.45) is 1.25. The number of nitro groups is 1. The third-order valence-corrected chi connectivity index (χ3v) is 2.12. The zero-order valence-corrected chi connectivity index (χ0v) is 9.04. The van der Waals surface area contributed by atoms with Gasteiger partial charge in [-0.1, -0.05) is 0 Å². The standard InChI is InChI=1S/C8H14N4O4/c1-8(4-13,5-14)9-7-6(12(15)16)3-11(2)10-7/h3,13-14H,4-5H2,1-2H3,(H,9,10). The van der Waals surface area contributed by atoms with Crippen LogP contribution in [0, 0.1) is 10.1 Å². The van der Waals surface area contributed by atoms with Crippen LogP contribution in [-0.2, 0) is 7.05 Å². The molecule has 0 unspecified atom stereocenters. The van der Waals surface area contributed by atoms with E-state index in [4.69, 9.17) is 10.2 Å². The molecule has 0 aliphatic heterocycles. The summed E-state index contributed by atoms with van der Waals surface area (Å²) in [5.41, 5.74) is -1.24. The molecule has 0 aromatic carbocycles. The summed E-state index contributed by atoms with van der Waals surface area (Å²) in [5.74, 6) is 0.0260. The molecule has 1 aromatic rings. The van der Waals surface area contributed by atoms with Crippen molar-refractivity contribution in [3.05, 3.63) is 16.3 Å². The number of hydrogen-bond donors (Lipinski definition) is 3. The van der Waals surface area contributed by atoms with Crippen LogP contribution >= 0.6 is 0 Å². The molecule has 3 N–H and O–H groups in total. The van der Waals surface area contributed by atoms with E-state index in [1.165, 1.54) is 17.8 Å². The van der Waals surface area contributed by atoms with Crippen LogP contribution in [0.3, 0.4) is 0 Å². The van der Waals surface area contributed by atoms with E-state index in [9.17, 15) is 10.1 Å². The summed E-state index contributed by atoms with van der Waals surface area (Å²) < 4.78 is 1.29. The molecule has 0 amide bonds. The van der Waals surface area contributed by atoms with Crippen LogP contribution in [0.2, 0.25) is 0 Å². The first-order valence-electron chi connectivity index (χ1n) is 4.60. The van der Waals surface area contributed by atoms with Crippen LogP contribution in [0.5, 0.6) is 0 Å². The predicted molar refractivity (Wildman–Crippen MR) is 56.1 cm³/mol. The van der Waals surface area contributed by atoms with Crippen LogP contribution in [0.25, 0.3) is 0 Å². The first-order valence-corrected chi connectivity index (χ1v) is 4.60. The van der Waals surface area contributed by atoms with Crippen molar-refractivity contribution in [2.75, 3.05) is 18.5 Å². The molecule has 0 aliphatic carbocycles. The van der Waals surface area contributed by atoms with Gasteiger partial charge in [0.15, 0.2) is 0 Å². The summed E-state index contributed by atoms with van der Waals surface area (Å²) in [5, 5.41) is 35.3. The monoisotopic (exact) mass is 230 g/mol. The summed E-state index contributed by atoms with van der Waals surface area (Å²) in [7, 11) is 1.55. The lowest BCUT2D eigenvalue weighted by Gasteiger charge is -2.25. The Labute approximate surface area is 91.7 Å². The topological polar surface area (TPSA) is 113 Å². The quantitative estimate of drug-likeness (QED) is 0.463. The average Bonchev–Trinajstić information content (AvgIpc) is 2.59. The van der Waals surface area contributed by atoms with Gasteiger partial charge in [0.05, 0.1) is 23.7 Å². The second kappa shape index (κ2) is 4.45. The number of aromatic nitrogens is 2.